The summed E-state index contributed by atoms with van der Waals surface area (Å²) in [4.78, 5) is 35.7. The lowest BCUT2D eigenvalue weighted by molar-refractivity contribution is -0.146. The summed E-state index contributed by atoms with van der Waals surface area (Å²) in [6, 6.07) is 14.9. The first-order valence-corrected chi connectivity index (χ1v) is 15.3. The van der Waals surface area contributed by atoms with Crippen LogP contribution in [0.5, 0.6) is 0 Å². The highest BCUT2D eigenvalue weighted by Crippen LogP contribution is 2.30. The average molecular weight is 645 g/mol. The molecule has 3 aromatic rings. The first-order valence-electron chi connectivity index (χ1n) is 14.6. The number of carboxylic acid groups (broad SMARTS) is 1. The topological polar surface area (TPSA) is 139 Å². The van der Waals surface area contributed by atoms with Crippen molar-refractivity contribution in [2.24, 2.45) is 11.8 Å². The number of amides is 1. The van der Waals surface area contributed by atoms with Gasteiger partial charge < -0.3 is 30.4 Å². The summed E-state index contributed by atoms with van der Waals surface area (Å²) >= 11 is 12.2. The van der Waals surface area contributed by atoms with E-state index in [0.717, 1.165) is 5.69 Å². The van der Waals surface area contributed by atoms with Crippen molar-refractivity contribution < 1.29 is 24.9 Å². The maximum atomic E-state index is 12.6. The summed E-state index contributed by atoms with van der Waals surface area (Å²) in [6.07, 6.45) is 2.57. The Morgan fingerprint density at radius 2 is 1.30 bits per heavy atom. The number of nitrogens with zero attached hydrogens (tertiary/aromatic N) is 4. The van der Waals surface area contributed by atoms with Crippen LogP contribution in [0.2, 0.25) is 10.0 Å². The van der Waals surface area contributed by atoms with Gasteiger partial charge in [-0.1, -0.05) is 56.1 Å². The molecule has 1 amide bonds. The number of benzene rings is 1. The minimum Gasteiger partial charge on any atom is -0.481 e. The zero-order valence-electron chi connectivity index (χ0n) is 25.0. The number of halogens is 2. The lowest BCUT2D eigenvalue weighted by atomic mass is 9.87. The van der Waals surface area contributed by atoms with Crippen molar-refractivity contribution >= 4 is 52.4 Å². The number of aromatic nitrogens is 2. The van der Waals surface area contributed by atoms with E-state index >= 15 is 0 Å². The molecule has 4 N–H and O–H groups in total. The molecule has 2 aliphatic rings. The van der Waals surface area contributed by atoms with Gasteiger partial charge in [-0.15, -0.1) is 0 Å². The van der Waals surface area contributed by atoms with Gasteiger partial charge in [0.15, 0.2) is 0 Å². The van der Waals surface area contributed by atoms with Gasteiger partial charge in [0.2, 0.25) is 5.91 Å². The summed E-state index contributed by atoms with van der Waals surface area (Å²) in [5.41, 5.74) is 2.02. The number of aliphatic hydroxyl groups excluding tert-OH is 2. The third-order valence-electron chi connectivity index (χ3n) is 7.91. The van der Waals surface area contributed by atoms with E-state index in [9.17, 15) is 19.8 Å². The highest BCUT2D eigenvalue weighted by Gasteiger charge is 2.35. The van der Waals surface area contributed by atoms with Crippen molar-refractivity contribution in [3.8, 4) is 0 Å². The molecule has 0 radical (unpaired) electrons. The number of anilines is 3. The number of pyridine rings is 2. The summed E-state index contributed by atoms with van der Waals surface area (Å²) < 4.78 is 0. The van der Waals surface area contributed by atoms with Gasteiger partial charge in [-0.25, -0.2) is 9.97 Å². The van der Waals surface area contributed by atoms with Crippen molar-refractivity contribution in [1.29, 1.82) is 0 Å². The van der Waals surface area contributed by atoms with E-state index in [-0.39, 0.29) is 17.9 Å². The summed E-state index contributed by atoms with van der Waals surface area (Å²) in [7, 11) is 0. The maximum absolute atomic E-state index is 12.6. The quantitative estimate of drug-likeness (QED) is 0.307. The molecule has 4 heterocycles. The van der Waals surface area contributed by atoms with Crippen molar-refractivity contribution in [2.45, 2.75) is 51.2 Å². The SMILES string of the molecule is CC(C)(C)c1ccc(NC(=O)[C@H]2CCN(c3ncccc3Cl)C[C@H]2O)cc1.O=C(O)C1CCN(c2ncccc2Cl)CC1O. The number of nitrogens with one attached hydrogen (secondary N) is 1. The monoisotopic (exact) mass is 643 g/mol. The molecular weight excluding hydrogens is 605 g/mol. The van der Waals surface area contributed by atoms with Crippen molar-refractivity contribution in [1.82, 2.24) is 9.97 Å². The third-order valence-corrected chi connectivity index (χ3v) is 8.50. The number of aliphatic carboxylic acids is 1. The Kier molecular flexibility index (Phi) is 11.1. The Hall–Kier alpha value is -3.44. The highest BCUT2D eigenvalue weighted by atomic mass is 35.5. The van der Waals surface area contributed by atoms with Gasteiger partial charge in [0.25, 0.3) is 0 Å². The normalized spacial score (nSPS) is 22.1. The minimum atomic E-state index is -0.954. The second-order valence-corrected chi connectivity index (χ2v) is 12.9. The van der Waals surface area contributed by atoms with Crippen LogP contribution in [0.3, 0.4) is 0 Å². The molecule has 0 spiro atoms. The van der Waals surface area contributed by atoms with Gasteiger partial charge in [-0.05, 0) is 60.2 Å². The number of β-amino-alcohol motifs (C(OH)–C–C–N with tert-alkyl or cyclic N) is 2. The van der Waals surface area contributed by atoms with Crippen LogP contribution in [-0.4, -0.2) is 75.6 Å². The Balaban J connectivity index is 0.000000223. The molecule has 0 aliphatic carbocycles. The molecular formula is C32H39Cl2N5O5. The van der Waals surface area contributed by atoms with Gasteiger partial charge in [0.05, 0.1) is 34.1 Å². The Morgan fingerprint density at radius 1 is 0.818 bits per heavy atom. The van der Waals surface area contributed by atoms with Gasteiger partial charge in [-0.2, -0.15) is 0 Å². The fraction of sp³-hybridized carbons (Fsp3) is 0.438. The van der Waals surface area contributed by atoms with E-state index in [1.807, 2.05) is 34.1 Å². The number of rotatable bonds is 5. The van der Waals surface area contributed by atoms with Gasteiger partial charge >= 0.3 is 5.97 Å². The molecule has 0 bridgehead atoms. The van der Waals surface area contributed by atoms with Crippen LogP contribution >= 0.6 is 23.2 Å². The average Bonchev–Trinajstić information content (AvgIpc) is 2.97. The second-order valence-electron chi connectivity index (χ2n) is 12.1. The maximum Gasteiger partial charge on any atom is 0.309 e. The third kappa shape index (κ3) is 8.38. The molecule has 2 fully saturated rings. The van der Waals surface area contributed by atoms with Gasteiger partial charge in [0, 0.05) is 44.3 Å². The molecule has 4 atom stereocenters. The smallest absolute Gasteiger partial charge is 0.309 e. The Morgan fingerprint density at radius 3 is 1.70 bits per heavy atom. The van der Waals surface area contributed by atoms with Crippen LogP contribution in [0, 0.1) is 11.8 Å². The van der Waals surface area contributed by atoms with Crippen molar-refractivity contribution in [2.75, 3.05) is 41.3 Å². The molecule has 2 saturated heterocycles. The van der Waals surface area contributed by atoms with Gasteiger partial charge in [-0.3, -0.25) is 9.59 Å². The lowest BCUT2D eigenvalue weighted by Crippen LogP contribution is -2.48. The second kappa shape index (κ2) is 14.6. The Bertz CT molecular complexity index is 1440. The fourth-order valence-corrected chi connectivity index (χ4v) is 5.83. The summed E-state index contributed by atoms with van der Waals surface area (Å²) in [6.45, 7) is 8.18. The zero-order valence-corrected chi connectivity index (χ0v) is 26.5. The number of carboxylic acids is 1. The molecule has 10 nitrogen and oxygen atoms in total. The van der Waals surface area contributed by atoms with E-state index < -0.39 is 30.0 Å². The summed E-state index contributed by atoms with van der Waals surface area (Å²) in [5, 5.41) is 33.2. The first kappa shape index (κ1) is 33.5. The van der Waals surface area contributed by atoms with Crippen LogP contribution in [0.4, 0.5) is 17.3 Å². The predicted octanol–water partition coefficient (Wildman–Crippen LogP) is 4.87. The number of piperidine rings is 2. The predicted molar refractivity (Wildman–Crippen MR) is 173 cm³/mol. The molecule has 236 valence electrons. The molecule has 5 rings (SSSR count). The van der Waals surface area contributed by atoms with Crippen molar-refractivity contribution in [3.05, 3.63) is 76.5 Å². The molecule has 44 heavy (non-hydrogen) atoms. The standard InChI is InChI=1S/C21H26ClN3O2.C11H13ClN2O3/c1-21(2,3)14-6-8-15(9-7-14)24-20(27)16-10-12-25(13-18(16)26)19-17(22)5-4-11-23-19;12-8-2-1-4-13-10(8)14-5-3-7(11(16)17)9(15)6-14/h4-9,11,16,18,26H,10,12-13H2,1-3H3,(H,24,27);1-2,4,7,9,15H,3,5-6H2,(H,16,17)/t16-,18+;/m0./s1. The number of carbonyl (C=O) groups is 2. The number of hydrogen-bond donors (Lipinski definition) is 4. The van der Waals surface area contributed by atoms with Crippen LogP contribution in [-0.2, 0) is 15.0 Å². The van der Waals surface area contributed by atoms with E-state index in [1.165, 1.54) is 5.56 Å². The Labute approximate surface area is 267 Å². The number of aliphatic hydroxyl groups is 2. The van der Waals surface area contributed by atoms with Crippen LogP contribution < -0.4 is 15.1 Å². The van der Waals surface area contributed by atoms with Crippen LogP contribution in [0.1, 0.15) is 39.2 Å². The van der Waals surface area contributed by atoms with Crippen molar-refractivity contribution in [3.63, 3.8) is 0 Å². The molecule has 1 aromatic carbocycles. The molecule has 2 unspecified atom stereocenters. The molecule has 2 aromatic heterocycles. The lowest BCUT2D eigenvalue weighted by Gasteiger charge is -2.36. The van der Waals surface area contributed by atoms with E-state index in [0.29, 0.717) is 54.2 Å². The number of hydrogen-bond acceptors (Lipinski definition) is 8. The molecule has 12 heteroatoms. The summed E-state index contributed by atoms with van der Waals surface area (Å²) in [5.74, 6) is -1.02. The van der Waals surface area contributed by atoms with Crippen LogP contribution in [0.25, 0.3) is 0 Å². The van der Waals surface area contributed by atoms with E-state index in [2.05, 4.69) is 36.1 Å². The minimum absolute atomic E-state index is 0.0678. The number of carbonyl (C=O) groups excluding carboxylic acids is 1. The zero-order chi connectivity index (χ0) is 32.0. The van der Waals surface area contributed by atoms with E-state index in [1.54, 1.807) is 36.7 Å². The largest absolute Gasteiger partial charge is 0.481 e. The molecule has 2 aliphatic heterocycles. The first-order chi connectivity index (χ1) is 20.8. The van der Waals surface area contributed by atoms with Crippen LogP contribution in [0.15, 0.2) is 60.9 Å². The highest BCUT2D eigenvalue weighted by molar-refractivity contribution is 6.33. The van der Waals surface area contributed by atoms with Gasteiger partial charge in [0.1, 0.15) is 11.6 Å². The fourth-order valence-electron chi connectivity index (χ4n) is 5.35. The van der Waals surface area contributed by atoms with E-state index in [4.69, 9.17) is 28.3 Å². The molecule has 0 saturated carbocycles.